The first kappa shape index (κ1) is 11.8. The predicted molar refractivity (Wildman–Crippen MR) is 66.4 cm³/mol. The largest absolute Gasteiger partial charge is 0.326 e. The van der Waals surface area contributed by atoms with Gasteiger partial charge in [-0.3, -0.25) is 4.79 Å². The predicted octanol–water partition coefficient (Wildman–Crippen LogP) is 0.932. The number of terminal acetylenes is 1. The Morgan fingerprint density at radius 3 is 3.11 bits per heavy atom. The number of tetrazole rings is 1. The molecule has 2 aromatic rings. The van der Waals surface area contributed by atoms with Crippen molar-refractivity contribution in [1.29, 1.82) is 0 Å². The van der Waals surface area contributed by atoms with Gasteiger partial charge in [-0.2, -0.15) is 0 Å². The van der Waals surface area contributed by atoms with Crippen LogP contribution >= 0.6 is 0 Å². The highest BCUT2D eigenvalue weighted by molar-refractivity contribution is 5.89. The van der Waals surface area contributed by atoms with Crippen LogP contribution in [0.1, 0.15) is 6.92 Å². The van der Waals surface area contributed by atoms with Crippen molar-refractivity contribution in [1.82, 2.24) is 20.2 Å². The first-order chi connectivity index (χ1) is 8.70. The molecule has 0 unspecified atom stereocenters. The molecule has 1 aromatic heterocycles. The van der Waals surface area contributed by atoms with Crippen molar-refractivity contribution in [2.45, 2.75) is 13.5 Å². The van der Waals surface area contributed by atoms with Crippen LogP contribution < -0.4 is 5.32 Å². The van der Waals surface area contributed by atoms with E-state index in [1.807, 2.05) is 12.1 Å². The topological polar surface area (TPSA) is 72.7 Å². The van der Waals surface area contributed by atoms with E-state index in [0.717, 1.165) is 5.56 Å². The van der Waals surface area contributed by atoms with Gasteiger partial charge in [0.25, 0.3) is 0 Å². The number of benzene rings is 1. The molecule has 0 spiro atoms. The summed E-state index contributed by atoms with van der Waals surface area (Å²) < 4.78 is 1.52. The minimum Gasteiger partial charge on any atom is -0.326 e. The zero-order valence-electron chi connectivity index (χ0n) is 9.79. The molecule has 90 valence electrons. The summed E-state index contributed by atoms with van der Waals surface area (Å²) in [5.74, 6) is 2.92. The van der Waals surface area contributed by atoms with Gasteiger partial charge in [-0.15, -0.1) is 11.5 Å². The normalized spacial score (nSPS) is 9.78. The van der Waals surface area contributed by atoms with Crippen LogP contribution in [-0.4, -0.2) is 26.1 Å². The Balaban J connectivity index is 2.36. The molecule has 0 fully saturated rings. The van der Waals surface area contributed by atoms with Gasteiger partial charge in [-0.1, -0.05) is 18.1 Å². The Bertz CT molecular complexity index is 611. The zero-order valence-corrected chi connectivity index (χ0v) is 9.79. The van der Waals surface area contributed by atoms with Crippen molar-refractivity contribution in [3.63, 3.8) is 0 Å². The molecule has 18 heavy (non-hydrogen) atoms. The molecule has 6 heteroatoms. The van der Waals surface area contributed by atoms with E-state index in [1.165, 1.54) is 11.6 Å². The van der Waals surface area contributed by atoms with Crippen molar-refractivity contribution in [2.24, 2.45) is 0 Å². The van der Waals surface area contributed by atoms with Crippen molar-refractivity contribution in [3.05, 3.63) is 24.3 Å². The number of hydrogen-bond donors (Lipinski definition) is 1. The fraction of sp³-hybridized carbons (Fsp3) is 0.167. The second kappa shape index (κ2) is 5.10. The number of aromatic nitrogens is 4. The number of carbonyl (C=O) groups excluding carboxylic acids is 1. The van der Waals surface area contributed by atoms with Crippen LogP contribution in [0.15, 0.2) is 24.3 Å². The average molecular weight is 241 g/mol. The second-order valence-electron chi connectivity index (χ2n) is 3.63. The third kappa shape index (κ3) is 2.52. The van der Waals surface area contributed by atoms with E-state index in [0.29, 0.717) is 18.1 Å². The molecular weight excluding hydrogens is 230 g/mol. The van der Waals surface area contributed by atoms with Crippen LogP contribution in [0.4, 0.5) is 5.69 Å². The van der Waals surface area contributed by atoms with Gasteiger partial charge >= 0.3 is 0 Å². The van der Waals surface area contributed by atoms with E-state index in [2.05, 4.69) is 26.8 Å². The van der Waals surface area contributed by atoms with Gasteiger partial charge in [0.15, 0.2) is 5.82 Å². The molecular formula is C12H11N5O. The number of amides is 1. The molecule has 0 atom stereocenters. The number of nitrogens with zero attached hydrogens (tertiary/aromatic N) is 4. The van der Waals surface area contributed by atoms with Gasteiger partial charge < -0.3 is 5.32 Å². The Labute approximate surface area is 104 Å². The van der Waals surface area contributed by atoms with E-state index < -0.39 is 0 Å². The molecule has 0 aliphatic rings. The van der Waals surface area contributed by atoms with Gasteiger partial charge in [0.05, 0.1) is 0 Å². The lowest BCUT2D eigenvalue weighted by Gasteiger charge is -2.05. The van der Waals surface area contributed by atoms with Crippen molar-refractivity contribution in [3.8, 4) is 23.7 Å². The summed E-state index contributed by atoms with van der Waals surface area (Å²) in [5, 5.41) is 14.0. The van der Waals surface area contributed by atoms with Crippen molar-refractivity contribution >= 4 is 11.6 Å². The van der Waals surface area contributed by atoms with Crippen LogP contribution in [0, 0.1) is 12.3 Å². The fourth-order valence-corrected chi connectivity index (χ4v) is 1.54. The molecule has 1 aromatic carbocycles. The smallest absolute Gasteiger partial charge is 0.221 e. The number of nitrogens with one attached hydrogen (secondary N) is 1. The lowest BCUT2D eigenvalue weighted by atomic mass is 10.2. The van der Waals surface area contributed by atoms with Gasteiger partial charge in [-0.05, 0) is 22.6 Å². The quantitative estimate of drug-likeness (QED) is 0.811. The summed E-state index contributed by atoms with van der Waals surface area (Å²) in [6.45, 7) is 1.75. The first-order valence-electron chi connectivity index (χ1n) is 5.28. The van der Waals surface area contributed by atoms with Crippen molar-refractivity contribution in [2.75, 3.05) is 5.32 Å². The molecule has 0 aliphatic carbocycles. The van der Waals surface area contributed by atoms with E-state index in [4.69, 9.17) is 6.42 Å². The third-order valence-corrected chi connectivity index (χ3v) is 2.21. The van der Waals surface area contributed by atoms with Crippen LogP contribution in [0.25, 0.3) is 11.4 Å². The van der Waals surface area contributed by atoms with Crippen LogP contribution in [0.2, 0.25) is 0 Å². The summed E-state index contributed by atoms with van der Waals surface area (Å²) in [7, 11) is 0. The minimum atomic E-state index is -0.129. The molecule has 0 aliphatic heterocycles. The van der Waals surface area contributed by atoms with Gasteiger partial charge in [0, 0.05) is 18.2 Å². The molecule has 2 rings (SSSR count). The maximum Gasteiger partial charge on any atom is 0.221 e. The molecule has 1 heterocycles. The summed E-state index contributed by atoms with van der Waals surface area (Å²) >= 11 is 0. The molecule has 0 saturated heterocycles. The SMILES string of the molecule is C#CCn1nnnc1-c1cccc(NC(C)=O)c1. The van der Waals surface area contributed by atoms with E-state index >= 15 is 0 Å². The molecule has 0 bridgehead atoms. The highest BCUT2D eigenvalue weighted by Crippen LogP contribution is 2.19. The zero-order chi connectivity index (χ0) is 13.0. The highest BCUT2D eigenvalue weighted by Gasteiger charge is 2.08. The monoisotopic (exact) mass is 241 g/mol. The maximum absolute atomic E-state index is 11.0. The fourth-order valence-electron chi connectivity index (χ4n) is 1.54. The molecule has 0 radical (unpaired) electrons. The lowest BCUT2D eigenvalue weighted by Crippen LogP contribution is -2.06. The molecule has 1 amide bonds. The van der Waals surface area contributed by atoms with Crippen molar-refractivity contribution < 1.29 is 4.79 Å². The maximum atomic E-state index is 11.0. The average Bonchev–Trinajstić information content (AvgIpc) is 2.77. The Morgan fingerprint density at radius 2 is 2.39 bits per heavy atom. The molecule has 0 saturated carbocycles. The first-order valence-corrected chi connectivity index (χ1v) is 5.28. The Kier molecular flexibility index (Phi) is 3.34. The van der Waals surface area contributed by atoms with Crippen LogP contribution in [-0.2, 0) is 11.3 Å². The minimum absolute atomic E-state index is 0.129. The summed E-state index contributed by atoms with van der Waals surface area (Å²) in [6, 6.07) is 7.25. The summed E-state index contributed by atoms with van der Waals surface area (Å²) in [6.07, 6.45) is 5.24. The molecule has 6 nitrogen and oxygen atoms in total. The van der Waals surface area contributed by atoms with E-state index in [-0.39, 0.29) is 5.91 Å². The highest BCUT2D eigenvalue weighted by atomic mass is 16.1. The standard InChI is InChI=1S/C12H11N5O/c1-3-7-17-12(14-15-16-17)10-5-4-6-11(8-10)13-9(2)18/h1,4-6,8H,7H2,2H3,(H,13,18). The van der Waals surface area contributed by atoms with Gasteiger partial charge in [-0.25, -0.2) is 4.68 Å². The Hall–Kier alpha value is -2.68. The van der Waals surface area contributed by atoms with E-state index in [9.17, 15) is 4.79 Å². The second-order valence-corrected chi connectivity index (χ2v) is 3.63. The van der Waals surface area contributed by atoms with E-state index in [1.54, 1.807) is 12.1 Å². The summed E-state index contributed by atoms with van der Waals surface area (Å²) in [4.78, 5) is 11.0. The van der Waals surface area contributed by atoms with Crippen LogP contribution in [0.3, 0.4) is 0 Å². The number of rotatable bonds is 3. The third-order valence-electron chi connectivity index (χ3n) is 2.21. The van der Waals surface area contributed by atoms with Gasteiger partial charge in [0.2, 0.25) is 5.91 Å². The Morgan fingerprint density at radius 1 is 1.56 bits per heavy atom. The lowest BCUT2D eigenvalue weighted by molar-refractivity contribution is -0.114. The van der Waals surface area contributed by atoms with Gasteiger partial charge in [0.1, 0.15) is 6.54 Å². The van der Waals surface area contributed by atoms with Crippen LogP contribution in [0.5, 0.6) is 0 Å². The summed E-state index contributed by atoms with van der Waals surface area (Å²) in [5.41, 5.74) is 1.48. The number of anilines is 1. The molecule has 1 N–H and O–H groups in total. The number of carbonyl (C=O) groups is 1. The number of hydrogen-bond acceptors (Lipinski definition) is 4.